The van der Waals surface area contributed by atoms with E-state index in [1.54, 1.807) is 32.9 Å². The van der Waals surface area contributed by atoms with Crippen LogP contribution in [-0.4, -0.2) is 27.5 Å². The smallest absolute Gasteiger partial charge is 0.414 e. The molecule has 4 nitrogen and oxygen atoms in total. The van der Waals surface area contributed by atoms with Gasteiger partial charge in [-0.2, -0.15) is 0 Å². The summed E-state index contributed by atoms with van der Waals surface area (Å²) in [4.78, 5) is 23.9. The highest BCUT2D eigenvalue weighted by molar-refractivity contribution is 5.93. The van der Waals surface area contributed by atoms with Crippen LogP contribution in [0.2, 0.25) is 0 Å². The summed E-state index contributed by atoms with van der Waals surface area (Å²) < 4.78 is 0. The number of carbonyl (C=O) groups is 2. The molecule has 4 heteroatoms. The molecule has 0 aliphatic carbocycles. The molecule has 0 radical (unpaired) electrons. The maximum atomic E-state index is 11.9. The second-order valence-electron chi connectivity index (χ2n) is 4.84. The highest BCUT2D eigenvalue weighted by Crippen LogP contribution is 2.15. The van der Waals surface area contributed by atoms with Gasteiger partial charge >= 0.3 is 6.09 Å². The van der Waals surface area contributed by atoms with Crippen molar-refractivity contribution < 1.29 is 14.7 Å². The maximum absolute atomic E-state index is 11.9. The Kier molecular flexibility index (Phi) is 3.89. The monoisotopic (exact) mass is 235 g/mol. The summed E-state index contributed by atoms with van der Waals surface area (Å²) in [6.45, 7) is 5.10. The van der Waals surface area contributed by atoms with Crippen LogP contribution in [0.15, 0.2) is 30.3 Å². The molecule has 0 aliphatic rings. The molecule has 0 fully saturated rings. The van der Waals surface area contributed by atoms with E-state index in [9.17, 15) is 9.59 Å². The van der Waals surface area contributed by atoms with Crippen molar-refractivity contribution in [2.24, 2.45) is 0 Å². The van der Waals surface area contributed by atoms with Crippen LogP contribution >= 0.6 is 0 Å². The number of hydrogen-bond donors (Lipinski definition) is 1. The van der Waals surface area contributed by atoms with Gasteiger partial charge < -0.3 is 5.11 Å². The normalized spacial score (nSPS) is 11.0. The molecule has 0 heterocycles. The summed E-state index contributed by atoms with van der Waals surface area (Å²) in [5, 5.41) is 9.06. The highest BCUT2D eigenvalue weighted by atomic mass is 16.4. The molecule has 1 rings (SSSR count). The van der Waals surface area contributed by atoms with Crippen LogP contribution in [0.4, 0.5) is 4.79 Å². The minimum absolute atomic E-state index is 0.102. The van der Waals surface area contributed by atoms with Gasteiger partial charge in [-0.3, -0.25) is 4.79 Å². The van der Waals surface area contributed by atoms with Gasteiger partial charge in [-0.05, 0) is 26.3 Å². The second kappa shape index (κ2) is 4.99. The van der Waals surface area contributed by atoms with Gasteiger partial charge in [0.1, 0.15) is 0 Å². The third-order valence-electron chi connectivity index (χ3n) is 2.31. The number of rotatable bonds is 2. The molecule has 0 unspecified atom stereocenters. The Balaban J connectivity index is 2.84. The van der Waals surface area contributed by atoms with Crippen LogP contribution < -0.4 is 0 Å². The van der Waals surface area contributed by atoms with E-state index in [4.69, 9.17) is 5.11 Å². The zero-order valence-corrected chi connectivity index (χ0v) is 10.3. The van der Waals surface area contributed by atoms with Gasteiger partial charge in [-0.25, -0.2) is 9.69 Å². The summed E-state index contributed by atoms with van der Waals surface area (Å²) in [6.07, 6.45) is -1.11. The molecule has 1 aromatic rings. The first-order chi connectivity index (χ1) is 7.82. The van der Waals surface area contributed by atoms with E-state index >= 15 is 0 Å². The Morgan fingerprint density at radius 2 is 1.71 bits per heavy atom. The standard InChI is InChI=1S/C13H17NO3/c1-13(2,3)14(12(16)17)11(15)9-10-7-5-4-6-8-10/h4-8H,9H2,1-3H3,(H,16,17). The molecule has 0 aliphatic heterocycles. The Bertz CT molecular complexity index is 406. The van der Waals surface area contributed by atoms with Gasteiger partial charge in [-0.15, -0.1) is 0 Å². The van der Waals surface area contributed by atoms with Crippen LogP contribution in [0.25, 0.3) is 0 Å². The molecule has 1 aromatic carbocycles. The summed E-state index contributed by atoms with van der Waals surface area (Å²) in [7, 11) is 0. The van der Waals surface area contributed by atoms with Gasteiger partial charge in [-0.1, -0.05) is 30.3 Å². The summed E-state index contributed by atoms with van der Waals surface area (Å²) in [5.74, 6) is -0.406. The molecule has 0 saturated heterocycles. The summed E-state index contributed by atoms with van der Waals surface area (Å²) in [6, 6.07) is 9.11. The fourth-order valence-electron chi connectivity index (χ4n) is 1.62. The first-order valence-corrected chi connectivity index (χ1v) is 5.42. The fourth-order valence-corrected chi connectivity index (χ4v) is 1.62. The zero-order valence-electron chi connectivity index (χ0n) is 10.3. The zero-order chi connectivity index (χ0) is 13.1. The van der Waals surface area contributed by atoms with Crippen molar-refractivity contribution in [2.45, 2.75) is 32.7 Å². The quantitative estimate of drug-likeness (QED) is 0.857. The van der Waals surface area contributed by atoms with E-state index in [-0.39, 0.29) is 6.42 Å². The predicted molar refractivity (Wildman–Crippen MR) is 64.8 cm³/mol. The predicted octanol–water partition coefficient (Wildman–Crippen LogP) is 2.53. The first-order valence-electron chi connectivity index (χ1n) is 5.42. The lowest BCUT2D eigenvalue weighted by atomic mass is 10.0. The molecule has 0 bridgehead atoms. The maximum Gasteiger partial charge on any atom is 0.414 e. The molecule has 0 aromatic heterocycles. The molecule has 0 spiro atoms. The van der Waals surface area contributed by atoms with Gasteiger partial charge in [0.2, 0.25) is 5.91 Å². The number of nitrogens with zero attached hydrogens (tertiary/aromatic N) is 1. The van der Waals surface area contributed by atoms with Crippen LogP contribution in [0.1, 0.15) is 26.3 Å². The molecule has 2 amide bonds. The lowest BCUT2D eigenvalue weighted by Gasteiger charge is -2.31. The summed E-state index contributed by atoms with van der Waals surface area (Å²) in [5.41, 5.74) is 0.0885. The first kappa shape index (κ1) is 13.2. The van der Waals surface area contributed by atoms with E-state index in [1.165, 1.54) is 0 Å². The van der Waals surface area contributed by atoms with Crippen molar-refractivity contribution in [1.82, 2.24) is 4.90 Å². The SMILES string of the molecule is CC(C)(C)N(C(=O)O)C(=O)Cc1ccccc1. The Morgan fingerprint density at radius 1 is 1.18 bits per heavy atom. The minimum Gasteiger partial charge on any atom is -0.465 e. The fraction of sp³-hybridized carbons (Fsp3) is 0.385. The number of benzene rings is 1. The van der Waals surface area contributed by atoms with Crippen molar-refractivity contribution in [3.63, 3.8) is 0 Å². The van der Waals surface area contributed by atoms with Crippen molar-refractivity contribution in [1.29, 1.82) is 0 Å². The van der Waals surface area contributed by atoms with Crippen LogP contribution in [0.5, 0.6) is 0 Å². The van der Waals surface area contributed by atoms with E-state index in [0.717, 1.165) is 10.5 Å². The van der Waals surface area contributed by atoms with E-state index in [2.05, 4.69) is 0 Å². The van der Waals surface area contributed by atoms with Crippen molar-refractivity contribution in [3.8, 4) is 0 Å². The lowest BCUT2D eigenvalue weighted by Crippen LogP contribution is -2.49. The van der Waals surface area contributed by atoms with Crippen molar-refractivity contribution >= 4 is 12.0 Å². The third-order valence-corrected chi connectivity index (χ3v) is 2.31. The minimum atomic E-state index is -1.21. The molecular formula is C13H17NO3. The average molecular weight is 235 g/mol. The molecule has 0 saturated carbocycles. The average Bonchev–Trinajstić information content (AvgIpc) is 2.15. The molecule has 17 heavy (non-hydrogen) atoms. The molecular weight excluding hydrogens is 218 g/mol. The Labute approximate surface area is 101 Å². The van der Waals surface area contributed by atoms with E-state index in [0.29, 0.717) is 0 Å². The van der Waals surface area contributed by atoms with Gasteiger partial charge in [0.25, 0.3) is 0 Å². The second-order valence-corrected chi connectivity index (χ2v) is 4.84. The highest BCUT2D eigenvalue weighted by Gasteiger charge is 2.31. The van der Waals surface area contributed by atoms with Crippen molar-refractivity contribution in [3.05, 3.63) is 35.9 Å². The number of carboxylic acid groups (broad SMARTS) is 1. The number of imide groups is 1. The lowest BCUT2D eigenvalue weighted by molar-refractivity contribution is -0.132. The van der Waals surface area contributed by atoms with Crippen LogP contribution in [0.3, 0.4) is 0 Å². The van der Waals surface area contributed by atoms with Crippen LogP contribution in [0, 0.1) is 0 Å². The number of amides is 2. The molecule has 0 atom stereocenters. The largest absolute Gasteiger partial charge is 0.465 e. The number of carbonyl (C=O) groups excluding carboxylic acids is 1. The van der Waals surface area contributed by atoms with Gasteiger partial charge in [0.05, 0.1) is 6.42 Å². The van der Waals surface area contributed by atoms with Gasteiger partial charge in [0, 0.05) is 5.54 Å². The van der Waals surface area contributed by atoms with E-state index in [1.807, 2.05) is 18.2 Å². The van der Waals surface area contributed by atoms with Crippen LogP contribution in [-0.2, 0) is 11.2 Å². The Hall–Kier alpha value is -1.84. The molecule has 1 N–H and O–H groups in total. The van der Waals surface area contributed by atoms with E-state index < -0.39 is 17.5 Å². The Morgan fingerprint density at radius 3 is 2.12 bits per heavy atom. The number of hydrogen-bond acceptors (Lipinski definition) is 2. The third kappa shape index (κ3) is 3.59. The van der Waals surface area contributed by atoms with Gasteiger partial charge in [0.15, 0.2) is 0 Å². The topological polar surface area (TPSA) is 57.6 Å². The van der Waals surface area contributed by atoms with Crippen molar-refractivity contribution in [2.75, 3.05) is 0 Å². The summed E-state index contributed by atoms with van der Waals surface area (Å²) >= 11 is 0. The molecule has 92 valence electrons.